The Hall–Kier alpha value is -1.59. The van der Waals surface area contributed by atoms with Gasteiger partial charge in [0.05, 0.1) is 5.92 Å². The average molecular weight is 408 g/mol. The van der Waals surface area contributed by atoms with Crippen LogP contribution in [0.25, 0.3) is 0 Å². The van der Waals surface area contributed by atoms with E-state index in [4.69, 9.17) is 5.73 Å². The van der Waals surface area contributed by atoms with Gasteiger partial charge in [-0.1, -0.05) is 17.2 Å². The topological polar surface area (TPSA) is 66.6 Å². The fourth-order valence-electron chi connectivity index (χ4n) is 4.66. The van der Waals surface area contributed by atoms with Gasteiger partial charge in [0.15, 0.2) is 0 Å². The van der Waals surface area contributed by atoms with E-state index in [1.807, 2.05) is 42.7 Å². The molecule has 2 amide bonds. The summed E-state index contributed by atoms with van der Waals surface area (Å²) >= 11 is 0. The highest BCUT2D eigenvalue weighted by atomic mass is 35.5. The van der Waals surface area contributed by atoms with Crippen LogP contribution in [0.4, 0.5) is 0 Å². The first kappa shape index (κ1) is 22.7. The predicted octanol–water partition coefficient (Wildman–Crippen LogP) is 3.31. The van der Waals surface area contributed by atoms with Crippen LogP contribution in [0.15, 0.2) is 18.2 Å². The minimum atomic E-state index is -0.104. The molecular weight excluding hydrogens is 374 g/mol. The molecule has 0 saturated carbocycles. The van der Waals surface area contributed by atoms with Crippen LogP contribution in [0.3, 0.4) is 0 Å². The Kier molecular flexibility index (Phi) is 7.90. The molecule has 0 aliphatic carbocycles. The van der Waals surface area contributed by atoms with Crippen molar-refractivity contribution < 1.29 is 9.59 Å². The standard InChI is InChI=1S/C22H33N3O2.ClH/c1-15-11-16(2)13-19(12-15)21(26)24-9-6-7-18(14-24)22(27)25-10-5-4-8-20(25)17(3)23;/h11-13,17-18,20H,4-10,14,23H2,1-3H3;1H. The number of carbonyl (C=O) groups excluding carboxylic acids is 2. The lowest BCUT2D eigenvalue weighted by Gasteiger charge is -2.42. The molecular formula is C22H34ClN3O2. The zero-order valence-electron chi connectivity index (χ0n) is 17.3. The summed E-state index contributed by atoms with van der Waals surface area (Å²) in [5.41, 5.74) is 9.06. The van der Waals surface area contributed by atoms with E-state index in [2.05, 4.69) is 6.07 Å². The maximum absolute atomic E-state index is 13.2. The number of likely N-dealkylation sites (tertiary alicyclic amines) is 2. The van der Waals surface area contributed by atoms with Gasteiger partial charge in [-0.2, -0.15) is 0 Å². The molecule has 156 valence electrons. The zero-order valence-corrected chi connectivity index (χ0v) is 18.1. The van der Waals surface area contributed by atoms with Gasteiger partial charge in [0.2, 0.25) is 5.91 Å². The van der Waals surface area contributed by atoms with Gasteiger partial charge in [-0.05, 0) is 65.0 Å². The van der Waals surface area contributed by atoms with E-state index >= 15 is 0 Å². The molecule has 0 bridgehead atoms. The molecule has 0 spiro atoms. The van der Waals surface area contributed by atoms with E-state index in [1.165, 1.54) is 0 Å². The van der Waals surface area contributed by atoms with Crippen LogP contribution in [0.5, 0.6) is 0 Å². The summed E-state index contributed by atoms with van der Waals surface area (Å²) in [6.07, 6.45) is 4.91. The molecule has 1 aromatic carbocycles. The SMILES string of the molecule is Cc1cc(C)cc(C(=O)N2CCCC(C(=O)N3CCCCC3C(C)N)C2)c1.Cl. The third-order valence-electron chi connectivity index (χ3n) is 5.97. The van der Waals surface area contributed by atoms with Crippen molar-refractivity contribution in [1.82, 2.24) is 9.80 Å². The highest BCUT2D eigenvalue weighted by Crippen LogP contribution is 2.26. The number of benzene rings is 1. The van der Waals surface area contributed by atoms with Gasteiger partial charge in [-0.15, -0.1) is 12.4 Å². The second kappa shape index (κ2) is 9.75. The molecule has 28 heavy (non-hydrogen) atoms. The summed E-state index contributed by atoms with van der Waals surface area (Å²) in [6, 6.07) is 6.08. The van der Waals surface area contributed by atoms with Gasteiger partial charge in [-0.3, -0.25) is 9.59 Å². The zero-order chi connectivity index (χ0) is 19.6. The fraction of sp³-hybridized carbons (Fsp3) is 0.636. The minimum absolute atomic E-state index is 0. The molecule has 3 unspecified atom stereocenters. The van der Waals surface area contributed by atoms with Crippen molar-refractivity contribution in [2.45, 2.75) is 65.0 Å². The maximum atomic E-state index is 13.2. The third-order valence-corrected chi connectivity index (χ3v) is 5.97. The van der Waals surface area contributed by atoms with E-state index in [0.717, 1.165) is 61.9 Å². The summed E-state index contributed by atoms with van der Waals surface area (Å²) in [5, 5.41) is 0. The Morgan fingerprint density at radius 3 is 2.36 bits per heavy atom. The fourth-order valence-corrected chi connectivity index (χ4v) is 4.66. The van der Waals surface area contributed by atoms with Gasteiger partial charge >= 0.3 is 0 Å². The largest absolute Gasteiger partial charge is 0.338 e. The molecule has 3 atom stereocenters. The molecule has 5 nitrogen and oxygen atoms in total. The summed E-state index contributed by atoms with van der Waals surface area (Å²) in [4.78, 5) is 30.1. The summed E-state index contributed by atoms with van der Waals surface area (Å²) in [7, 11) is 0. The number of rotatable bonds is 3. The van der Waals surface area contributed by atoms with Crippen molar-refractivity contribution in [1.29, 1.82) is 0 Å². The first-order valence-corrected chi connectivity index (χ1v) is 10.3. The van der Waals surface area contributed by atoms with E-state index in [0.29, 0.717) is 6.54 Å². The van der Waals surface area contributed by atoms with Crippen LogP contribution in [0, 0.1) is 19.8 Å². The van der Waals surface area contributed by atoms with Crippen LogP contribution in [-0.4, -0.2) is 53.3 Å². The lowest BCUT2D eigenvalue weighted by atomic mass is 9.91. The minimum Gasteiger partial charge on any atom is -0.338 e. The van der Waals surface area contributed by atoms with Crippen LogP contribution in [0.1, 0.15) is 60.5 Å². The van der Waals surface area contributed by atoms with Crippen molar-refractivity contribution >= 4 is 24.2 Å². The number of halogens is 1. The first-order chi connectivity index (χ1) is 12.9. The van der Waals surface area contributed by atoms with Gasteiger partial charge in [0.25, 0.3) is 5.91 Å². The third kappa shape index (κ3) is 5.06. The Morgan fingerprint density at radius 2 is 1.71 bits per heavy atom. The van der Waals surface area contributed by atoms with Crippen LogP contribution in [-0.2, 0) is 4.79 Å². The predicted molar refractivity (Wildman–Crippen MR) is 115 cm³/mol. The Labute approximate surface area is 175 Å². The van der Waals surface area contributed by atoms with E-state index < -0.39 is 0 Å². The summed E-state index contributed by atoms with van der Waals surface area (Å²) in [6.45, 7) is 8.06. The van der Waals surface area contributed by atoms with Crippen molar-refractivity contribution in [3.63, 3.8) is 0 Å². The first-order valence-electron chi connectivity index (χ1n) is 10.3. The molecule has 2 heterocycles. The lowest BCUT2D eigenvalue weighted by Crippen LogP contribution is -2.55. The molecule has 2 aliphatic rings. The van der Waals surface area contributed by atoms with Crippen molar-refractivity contribution in [3.8, 4) is 0 Å². The molecule has 2 N–H and O–H groups in total. The molecule has 1 aromatic rings. The van der Waals surface area contributed by atoms with E-state index in [9.17, 15) is 9.59 Å². The summed E-state index contributed by atoms with van der Waals surface area (Å²) < 4.78 is 0. The van der Waals surface area contributed by atoms with Gasteiger partial charge < -0.3 is 15.5 Å². The van der Waals surface area contributed by atoms with Crippen LogP contribution < -0.4 is 5.73 Å². The van der Waals surface area contributed by atoms with Gasteiger partial charge in [0.1, 0.15) is 0 Å². The number of aryl methyl sites for hydroxylation is 2. The second-order valence-electron chi connectivity index (χ2n) is 8.42. The van der Waals surface area contributed by atoms with Gasteiger partial charge in [0, 0.05) is 37.3 Å². The molecule has 6 heteroatoms. The highest BCUT2D eigenvalue weighted by molar-refractivity contribution is 5.95. The van der Waals surface area contributed by atoms with Crippen molar-refractivity contribution in [2.75, 3.05) is 19.6 Å². The molecule has 3 rings (SSSR count). The van der Waals surface area contributed by atoms with Crippen LogP contribution >= 0.6 is 12.4 Å². The number of hydrogen-bond acceptors (Lipinski definition) is 3. The molecule has 2 aliphatic heterocycles. The van der Waals surface area contributed by atoms with E-state index in [-0.39, 0.29) is 42.2 Å². The van der Waals surface area contributed by atoms with Crippen molar-refractivity contribution in [2.24, 2.45) is 11.7 Å². The normalized spacial score (nSPS) is 23.7. The van der Waals surface area contributed by atoms with E-state index in [1.54, 1.807) is 0 Å². The second-order valence-corrected chi connectivity index (χ2v) is 8.42. The van der Waals surface area contributed by atoms with Gasteiger partial charge in [-0.25, -0.2) is 0 Å². The maximum Gasteiger partial charge on any atom is 0.253 e. The number of piperidine rings is 2. The Morgan fingerprint density at radius 1 is 1.04 bits per heavy atom. The smallest absolute Gasteiger partial charge is 0.253 e. The molecule has 2 fully saturated rings. The number of hydrogen-bond donors (Lipinski definition) is 1. The number of nitrogens with two attached hydrogens (primary N) is 1. The van der Waals surface area contributed by atoms with Crippen LogP contribution in [0.2, 0.25) is 0 Å². The number of amides is 2. The summed E-state index contributed by atoms with van der Waals surface area (Å²) in [5.74, 6) is 0.129. The molecule has 2 saturated heterocycles. The molecule has 0 aromatic heterocycles. The molecule has 0 radical (unpaired) electrons. The van der Waals surface area contributed by atoms with Crippen molar-refractivity contribution in [3.05, 3.63) is 34.9 Å². The Bertz CT molecular complexity index is 687. The average Bonchev–Trinajstić information content (AvgIpc) is 2.66. The number of nitrogens with zero attached hydrogens (tertiary/aromatic N) is 2. The Balaban J connectivity index is 0.00000280. The number of carbonyl (C=O) groups is 2. The highest BCUT2D eigenvalue weighted by Gasteiger charge is 2.36. The lowest BCUT2D eigenvalue weighted by molar-refractivity contribution is -0.141. The quantitative estimate of drug-likeness (QED) is 0.835. The monoisotopic (exact) mass is 407 g/mol.